The molecule has 1 aromatic carbocycles. The molecular formula is C20H14F2N4O3. The number of rotatable bonds is 3. The summed E-state index contributed by atoms with van der Waals surface area (Å²) in [4.78, 5) is 19.5. The van der Waals surface area contributed by atoms with Crippen LogP contribution in [0.5, 0.6) is 11.8 Å². The highest BCUT2D eigenvalue weighted by molar-refractivity contribution is 5.82. The van der Waals surface area contributed by atoms with Gasteiger partial charge in [0.25, 0.3) is 0 Å². The third kappa shape index (κ3) is 3.38. The molecule has 0 unspecified atom stereocenters. The summed E-state index contributed by atoms with van der Waals surface area (Å²) < 4.78 is 33.8. The summed E-state index contributed by atoms with van der Waals surface area (Å²) in [6.07, 6.45) is 1.43. The molecule has 29 heavy (non-hydrogen) atoms. The minimum atomic E-state index is -0.762. The molecule has 0 radical (unpaired) electrons. The van der Waals surface area contributed by atoms with E-state index in [1.807, 2.05) is 0 Å². The van der Waals surface area contributed by atoms with Crippen molar-refractivity contribution in [2.24, 2.45) is 0 Å². The predicted octanol–water partition coefficient (Wildman–Crippen LogP) is 3.68. The maximum atomic E-state index is 14.4. The van der Waals surface area contributed by atoms with E-state index in [0.29, 0.717) is 22.5 Å². The molecule has 4 aromatic rings. The average Bonchev–Trinajstić information content (AvgIpc) is 2.99. The van der Waals surface area contributed by atoms with Gasteiger partial charge in [-0.1, -0.05) is 0 Å². The lowest BCUT2D eigenvalue weighted by molar-refractivity contribution is -0.132. The number of benzene rings is 1. The largest absolute Gasteiger partial charge is 0.493 e. The first-order valence-electron chi connectivity index (χ1n) is 8.53. The minimum Gasteiger partial charge on any atom is -0.493 e. The molecule has 4 rings (SSSR count). The Morgan fingerprint density at radius 1 is 1.17 bits per heavy atom. The molecule has 0 saturated heterocycles. The van der Waals surface area contributed by atoms with Crippen molar-refractivity contribution in [2.45, 2.75) is 13.8 Å². The van der Waals surface area contributed by atoms with Crippen LogP contribution in [0.25, 0.3) is 28.0 Å². The highest BCUT2D eigenvalue weighted by Crippen LogP contribution is 2.33. The van der Waals surface area contributed by atoms with Crippen LogP contribution in [-0.4, -0.2) is 30.7 Å². The van der Waals surface area contributed by atoms with Crippen LogP contribution in [0.4, 0.5) is 8.78 Å². The topological polar surface area (TPSA) is 89.6 Å². The van der Waals surface area contributed by atoms with Gasteiger partial charge in [-0.25, -0.2) is 18.7 Å². The summed E-state index contributed by atoms with van der Waals surface area (Å²) in [7, 11) is 0. The van der Waals surface area contributed by atoms with E-state index in [0.717, 1.165) is 12.1 Å². The number of fused-ring (bicyclic) bond motifs is 1. The number of carbonyl (C=O) groups is 1. The maximum absolute atomic E-state index is 14.4. The van der Waals surface area contributed by atoms with Crippen LogP contribution in [0.1, 0.15) is 12.6 Å². The van der Waals surface area contributed by atoms with Crippen molar-refractivity contribution in [2.75, 3.05) is 0 Å². The van der Waals surface area contributed by atoms with E-state index < -0.39 is 17.6 Å². The van der Waals surface area contributed by atoms with Crippen molar-refractivity contribution in [1.29, 1.82) is 0 Å². The van der Waals surface area contributed by atoms with E-state index in [-0.39, 0.29) is 23.0 Å². The summed E-state index contributed by atoms with van der Waals surface area (Å²) >= 11 is 0. The van der Waals surface area contributed by atoms with Gasteiger partial charge in [0.15, 0.2) is 5.65 Å². The summed E-state index contributed by atoms with van der Waals surface area (Å²) in [5.74, 6) is -2.05. The Bertz CT molecular complexity index is 1250. The number of halogens is 2. The van der Waals surface area contributed by atoms with Crippen molar-refractivity contribution < 1.29 is 23.4 Å². The third-order valence-corrected chi connectivity index (χ3v) is 4.23. The molecule has 0 aliphatic heterocycles. The van der Waals surface area contributed by atoms with Crippen LogP contribution in [0.2, 0.25) is 0 Å². The monoisotopic (exact) mass is 396 g/mol. The first kappa shape index (κ1) is 18.5. The second-order valence-electron chi connectivity index (χ2n) is 6.30. The van der Waals surface area contributed by atoms with E-state index in [9.17, 15) is 18.7 Å². The molecular weight excluding hydrogens is 382 g/mol. The van der Waals surface area contributed by atoms with Gasteiger partial charge in [0, 0.05) is 42.4 Å². The summed E-state index contributed by atoms with van der Waals surface area (Å²) in [6.45, 7) is 2.91. The predicted molar refractivity (Wildman–Crippen MR) is 99.3 cm³/mol. The lowest BCUT2D eigenvalue weighted by atomic mass is 10.1. The lowest BCUT2D eigenvalue weighted by Crippen LogP contribution is -2.02. The number of aromatic nitrogens is 4. The number of nitrogens with zero attached hydrogens (tertiary/aromatic N) is 4. The van der Waals surface area contributed by atoms with E-state index in [2.05, 4.69) is 15.1 Å². The molecule has 0 aliphatic carbocycles. The number of carbonyl (C=O) groups excluding carboxylic acids is 1. The molecule has 0 amide bonds. The molecule has 1 N–H and O–H groups in total. The molecule has 146 valence electrons. The quantitative estimate of drug-likeness (QED) is 0.532. The van der Waals surface area contributed by atoms with Crippen molar-refractivity contribution >= 4 is 11.6 Å². The zero-order valence-corrected chi connectivity index (χ0v) is 15.3. The van der Waals surface area contributed by atoms with Gasteiger partial charge in [-0.3, -0.25) is 4.79 Å². The van der Waals surface area contributed by atoms with Gasteiger partial charge in [-0.2, -0.15) is 9.61 Å². The van der Waals surface area contributed by atoms with Crippen molar-refractivity contribution in [3.63, 3.8) is 0 Å². The average molecular weight is 396 g/mol. The summed E-state index contributed by atoms with van der Waals surface area (Å²) in [5.41, 5.74) is 1.95. The number of esters is 1. The smallest absolute Gasteiger partial charge is 0.309 e. The number of hydrogen-bond acceptors (Lipinski definition) is 6. The standard InChI is InChI=1S/C20H14F2N4O3/c1-10-19(14-5-4-13(21)7-15(14)22)20-24-16(8-18(28)26(20)25-10)12-3-6-17(23-9-12)29-11(2)27/h3-9,28H,1-2H3. The SMILES string of the molecule is CC(=O)Oc1ccc(-c2cc(O)n3nc(C)c(-c4ccc(F)cc4F)c3n2)cn1. The highest BCUT2D eigenvalue weighted by atomic mass is 19.1. The van der Waals surface area contributed by atoms with Crippen molar-refractivity contribution in [3.05, 3.63) is 59.9 Å². The molecule has 3 heterocycles. The fourth-order valence-corrected chi connectivity index (χ4v) is 3.00. The second-order valence-corrected chi connectivity index (χ2v) is 6.30. The number of aryl methyl sites for hydroxylation is 1. The zero-order valence-electron chi connectivity index (χ0n) is 15.3. The molecule has 0 fully saturated rings. The van der Waals surface area contributed by atoms with Gasteiger partial charge in [0.2, 0.25) is 11.8 Å². The van der Waals surface area contributed by atoms with Gasteiger partial charge in [-0.05, 0) is 25.1 Å². The number of pyridine rings is 1. The second kappa shape index (κ2) is 6.93. The Hall–Kier alpha value is -3.88. The van der Waals surface area contributed by atoms with E-state index >= 15 is 0 Å². The molecule has 0 aliphatic rings. The van der Waals surface area contributed by atoms with Crippen LogP contribution >= 0.6 is 0 Å². The Morgan fingerprint density at radius 3 is 2.62 bits per heavy atom. The van der Waals surface area contributed by atoms with Crippen LogP contribution < -0.4 is 4.74 Å². The summed E-state index contributed by atoms with van der Waals surface area (Å²) in [5, 5.41) is 14.6. The van der Waals surface area contributed by atoms with Crippen molar-refractivity contribution in [1.82, 2.24) is 19.6 Å². The normalized spacial score (nSPS) is 11.0. The first-order chi connectivity index (χ1) is 13.8. The Kier molecular flexibility index (Phi) is 4.42. The van der Waals surface area contributed by atoms with E-state index in [1.165, 1.54) is 35.8 Å². The molecule has 9 heteroatoms. The highest BCUT2D eigenvalue weighted by Gasteiger charge is 2.20. The molecule has 0 atom stereocenters. The zero-order chi connectivity index (χ0) is 20.7. The van der Waals surface area contributed by atoms with Gasteiger partial charge in [0.05, 0.1) is 17.0 Å². The maximum Gasteiger partial charge on any atom is 0.309 e. The fourth-order valence-electron chi connectivity index (χ4n) is 3.00. The fraction of sp³-hybridized carbons (Fsp3) is 0.100. The van der Waals surface area contributed by atoms with Gasteiger partial charge < -0.3 is 9.84 Å². The van der Waals surface area contributed by atoms with Crippen LogP contribution in [0, 0.1) is 18.6 Å². The number of hydrogen-bond donors (Lipinski definition) is 1. The van der Waals surface area contributed by atoms with Gasteiger partial charge in [-0.15, -0.1) is 0 Å². The summed E-state index contributed by atoms with van der Waals surface area (Å²) in [6, 6.07) is 7.71. The Balaban J connectivity index is 1.87. The van der Waals surface area contributed by atoms with Crippen LogP contribution in [0.3, 0.4) is 0 Å². The number of aromatic hydroxyl groups is 1. The minimum absolute atomic E-state index is 0.117. The van der Waals surface area contributed by atoms with E-state index in [1.54, 1.807) is 13.0 Å². The first-order valence-corrected chi connectivity index (χ1v) is 8.53. The lowest BCUT2D eigenvalue weighted by Gasteiger charge is -2.07. The molecule has 0 bridgehead atoms. The molecule has 3 aromatic heterocycles. The van der Waals surface area contributed by atoms with E-state index in [4.69, 9.17) is 4.74 Å². The Morgan fingerprint density at radius 2 is 1.97 bits per heavy atom. The van der Waals surface area contributed by atoms with Crippen LogP contribution in [-0.2, 0) is 4.79 Å². The molecule has 7 nitrogen and oxygen atoms in total. The molecule has 0 saturated carbocycles. The van der Waals surface area contributed by atoms with Crippen molar-refractivity contribution in [3.8, 4) is 34.1 Å². The molecule has 0 spiro atoms. The van der Waals surface area contributed by atoms with Gasteiger partial charge >= 0.3 is 5.97 Å². The third-order valence-electron chi connectivity index (χ3n) is 4.23. The Labute approximate surface area is 163 Å². The number of ether oxygens (including phenoxy) is 1. The van der Waals surface area contributed by atoms with Gasteiger partial charge in [0.1, 0.15) is 11.6 Å². The van der Waals surface area contributed by atoms with Crippen LogP contribution in [0.15, 0.2) is 42.6 Å².